The van der Waals surface area contributed by atoms with E-state index in [0.29, 0.717) is 5.56 Å². The van der Waals surface area contributed by atoms with Crippen molar-refractivity contribution in [2.45, 2.75) is 64.7 Å². The number of phenolic OH excluding ortho intramolecular Hbond substituents is 1. The Hall–Kier alpha value is -2.90. The van der Waals surface area contributed by atoms with Crippen LogP contribution in [0.25, 0.3) is 0 Å². The molecule has 0 aromatic heterocycles. The van der Waals surface area contributed by atoms with Crippen molar-refractivity contribution in [1.29, 1.82) is 0 Å². The van der Waals surface area contributed by atoms with Crippen molar-refractivity contribution < 1.29 is 48.0 Å². The van der Waals surface area contributed by atoms with Crippen molar-refractivity contribution in [3.05, 3.63) is 29.8 Å². The second kappa shape index (κ2) is 13.7. The van der Waals surface area contributed by atoms with E-state index in [4.69, 9.17) is 15.9 Å². The molecule has 10 nitrogen and oxygen atoms in total. The molecule has 0 aliphatic heterocycles. The van der Waals surface area contributed by atoms with Crippen molar-refractivity contribution in [3.8, 4) is 5.75 Å². The number of hydrogen-bond donors (Lipinski definition) is 7. The van der Waals surface area contributed by atoms with Gasteiger partial charge in [0.1, 0.15) is 17.8 Å². The van der Waals surface area contributed by atoms with Gasteiger partial charge in [-0.3, -0.25) is 9.59 Å². The maximum absolute atomic E-state index is 12.7. The summed E-state index contributed by atoms with van der Waals surface area (Å²) in [6.45, 7) is 6.94. The molecule has 34 heavy (non-hydrogen) atoms. The third-order valence-electron chi connectivity index (χ3n) is 4.55. The molecule has 0 spiro atoms. The number of halogens is 3. The highest BCUT2D eigenvalue weighted by Crippen LogP contribution is 2.17. The summed E-state index contributed by atoms with van der Waals surface area (Å²) in [5, 5.41) is 38.4. The molecule has 0 radical (unpaired) electrons. The standard InChI is InChI=1S/C19H29N3O5.C2H3F3O2/c1-10(2)15(20)18(25)21-14(9-12-5-7-13(23)8-6-12)17(24)22-16(11(3)4)19(26)27;3-2(4,5)1(6)7/h5-8,10-11,14-16,23H,9,20H2,1-4H3,(H,21,25)(H,22,24)(H,26,27);1,6-7H/t14-,15-,16-;/m0./s1. The van der Waals surface area contributed by atoms with Crippen LogP contribution in [0.2, 0.25) is 0 Å². The van der Waals surface area contributed by atoms with Crippen LogP contribution >= 0.6 is 0 Å². The number of carbonyl (C=O) groups is 3. The van der Waals surface area contributed by atoms with Gasteiger partial charge in [0, 0.05) is 6.42 Å². The Labute approximate surface area is 195 Å². The highest BCUT2D eigenvalue weighted by Gasteiger charge is 2.36. The third kappa shape index (κ3) is 11.3. The number of benzene rings is 1. The van der Waals surface area contributed by atoms with E-state index < -0.39 is 48.4 Å². The molecule has 2 amide bonds. The Morgan fingerprint density at radius 2 is 1.41 bits per heavy atom. The number of phenols is 1. The van der Waals surface area contributed by atoms with Gasteiger partial charge in [-0.05, 0) is 29.5 Å². The van der Waals surface area contributed by atoms with Crippen LogP contribution in [0.4, 0.5) is 13.2 Å². The average molecular weight is 495 g/mol. The minimum absolute atomic E-state index is 0.0800. The largest absolute Gasteiger partial charge is 0.508 e. The highest BCUT2D eigenvalue weighted by atomic mass is 19.4. The summed E-state index contributed by atoms with van der Waals surface area (Å²) < 4.78 is 32.0. The normalized spacial score (nSPS) is 14.1. The predicted octanol–water partition coefficient (Wildman–Crippen LogP) is 0.488. The third-order valence-corrected chi connectivity index (χ3v) is 4.55. The van der Waals surface area contributed by atoms with Crippen LogP contribution in [0.3, 0.4) is 0 Å². The smallest absolute Gasteiger partial charge is 0.439 e. The van der Waals surface area contributed by atoms with E-state index in [1.54, 1.807) is 39.8 Å². The Morgan fingerprint density at radius 3 is 1.76 bits per heavy atom. The number of carboxylic acids is 1. The summed E-state index contributed by atoms with van der Waals surface area (Å²) in [7, 11) is 0. The first-order chi connectivity index (χ1) is 15.5. The number of aromatic hydroxyl groups is 1. The Kier molecular flexibility index (Phi) is 12.6. The molecule has 13 heteroatoms. The molecule has 1 aromatic carbocycles. The van der Waals surface area contributed by atoms with E-state index in [0.717, 1.165) is 0 Å². The summed E-state index contributed by atoms with van der Waals surface area (Å²) in [6, 6.07) is 3.34. The number of carbonyl (C=O) groups excluding carboxylic acids is 2. The van der Waals surface area contributed by atoms with Gasteiger partial charge < -0.3 is 36.8 Å². The van der Waals surface area contributed by atoms with Crippen LogP contribution in [0.1, 0.15) is 33.3 Å². The summed E-state index contributed by atoms with van der Waals surface area (Å²) in [4.78, 5) is 36.4. The lowest BCUT2D eigenvalue weighted by atomic mass is 10.00. The van der Waals surface area contributed by atoms with Gasteiger partial charge in [-0.25, -0.2) is 4.79 Å². The summed E-state index contributed by atoms with van der Waals surface area (Å²) in [6.07, 6.45) is -7.96. The SMILES string of the molecule is CC(C)[C@H](N)C(=O)N[C@@H](Cc1ccc(O)cc1)C(=O)N[C@H](C(=O)O)C(C)C.OC(O)C(F)(F)F. The van der Waals surface area contributed by atoms with Crippen LogP contribution in [-0.4, -0.2) is 68.8 Å². The molecule has 0 saturated carbocycles. The summed E-state index contributed by atoms with van der Waals surface area (Å²) in [5.41, 5.74) is 6.55. The minimum atomic E-state index is -4.89. The van der Waals surface area contributed by atoms with Crippen molar-refractivity contribution in [1.82, 2.24) is 10.6 Å². The van der Waals surface area contributed by atoms with Gasteiger partial charge in [-0.15, -0.1) is 0 Å². The number of nitrogens with one attached hydrogen (secondary N) is 2. The lowest BCUT2D eigenvalue weighted by Gasteiger charge is -2.25. The van der Waals surface area contributed by atoms with Gasteiger partial charge in [0.25, 0.3) is 6.29 Å². The van der Waals surface area contributed by atoms with Crippen LogP contribution in [0, 0.1) is 11.8 Å². The van der Waals surface area contributed by atoms with Crippen molar-refractivity contribution in [2.24, 2.45) is 17.6 Å². The number of hydrogen-bond acceptors (Lipinski definition) is 7. The van der Waals surface area contributed by atoms with E-state index in [1.807, 2.05) is 0 Å². The van der Waals surface area contributed by atoms with Crippen molar-refractivity contribution in [3.63, 3.8) is 0 Å². The fraction of sp³-hybridized carbons (Fsp3) is 0.571. The zero-order chi connectivity index (χ0) is 26.8. The van der Waals surface area contributed by atoms with Gasteiger partial charge in [0.05, 0.1) is 6.04 Å². The van der Waals surface area contributed by atoms with Gasteiger partial charge >= 0.3 is 12.1 Å². The monoisotopic (exact) mass is 495 g/mol. The average Bonchev–Trinajstić information content (AvgIpc) is 2.71. The number of carboxylic acid groups (broad SMARTS) is 1. The van der Waals surface area contributed by atoms with E-state index in [1.165, 1.54) is 12.1 Å². The first-order valence-corrected chi connectivity index (χ1v) is 10.3. The fourth-order valence-electron chi connectivity index (χ4n) is 2.42. The molecule has 0 unspecified atom stereocenters. The number of amides is 2. The van der Waals surface area contributed by atoms with Gasteiger partial charge in [-0.2, -0.15) is 13.2 Å². The second-order valence-corrected chi connectivity index (χ2v) is 8.19. The Bertz CT molecular complexity index is 800. The molecular weight excluding hydrogens is 463 g/mol. The molecule has 0 aliphatic rings. The molecular formula is C21H32F3N3O7. The Balaban J connectivity index is 0.00000135. The molecule has 0 heterocycles. The van der Waals surface area contributed by atoms with Gasteiger partial charge in [-0.1, -0.05) is 39.8 Å². The zero-order valence-electron chi connectivity index (χ0n) is 19.2. The zero-order valence-corrected chi connectivity index (χ0v) is 19.2. The molecule has 0 saturated heterocycles. The van der Waals surface area contributed by atoms with E-state index >= 15 is 0 Å². The van der Waals surface area contributed by atoms with E-state index in [9.17, 15) is 37.8 Å². The first kappa shape index (κ1) is 31.1. The molecule has 0 aliphatic carbocycles. The lowest BCUT2D eigenvalue weighted by Crippen LogP contribution is -2.56. The summed E-state index contributed by atoms with van der Waals surface area (Å²) >= 11 is 0. The number of nitrogens with two attached hydrogens (primary N) is 1. The lowest BCUT2D eigenvalue weighted by molar-refractivity contribution is -0.275. The van der Waals surface area contributed by atoms with Crippen LogP contribution in [-0.2, 0) is 20.8 Å². The van der Waals surface area contributed by atoms with Crippen LogP contribution in [0.15, 0.2) is 24.3 Å². The van der Waals surface area contributed by atoms with Crippen molar-refractivity contribution in [2.75, 3.05) is 0 Å². The molecule has 1 aromatic rings. The summed E-state index contributed by atoms with van der Waals surface area (Å²) in [5.74, 6) is -2.60. The van der Waals surface area contributed by atoms with Crippen molar-refractivity contribution >= 4 is 17.8 Å². The molecule has 1 rings (SSSR count). The van der Waals surface area contributed by atoms with E-state index in [-0.39, 0.29) is 24.0 Å². The predicted molar refractivity (Wildman–Crippen MR) is 115 cm³/mol. The molecule has 8 N–H and O–H groups in total. The maximum atomic E-state index is 12.7. The number of aliphatic hydroxyl groups is 2. The number of aliphatic hydroxyl groups excluding tert-OH is 1. The number of alkyl halides is 3. The maximum Gasteiger partial charge on any atom is 0.439 e. The van der Waals surface area contributed by atoms with E-state index in [2.05, 4.69) is 10.6 Å². The minimum Gasteiger partial charge on any atom is -0.508 e. The van der Waals surface area contributed by atoms with Crippen LogP contribution in [0.5, 0.6) is 5.75 Å². The quantitative estimate of drug-likeness (QED) is 0.242. The molecule has 0 fully saturated rings. The molecule has 194 valence electrons. The molecule has 0 bridgehead atoms. The fourth-order valence-corrected chi connectivity index (χ4v) is 2.42. The number of rotatable bonds is 9. The number of aliphatic carboxylic acids is 1. The molecule has 3 atom stereocenters. The second-order valence-electron chi connectivity index (χ2n) is 8.19. The van der Waals surface area contributed by atoms with Gasteiger partial charge in [0.15, 0.2) is 0 Å². The van der Waals surface area contributed by atoms with Crippen LogP contribution < -0.4 is 16.4 Å². The topological polar surface area (TPSA) is 182 Å². The van der Waals surface area contributed by atoms with Gasteiger partial charge in [0.2, 0.25) is 11.8 Å². The Morgan fingerprint density at radius 1 is 0.941 bits per heavy atom. The highest BCUT2D eigenvalue weighted by molar-refractivity contribution is 5.92. The first-order valence-electron chi connectivity index (χ1n) is 10.3.